The number of rotatable bonds is 4. The van der Waals surface area contributed by atoms with Gasteiger partial charge in [0.15, 0.2) is 0 Å². The Morgan fingerprint density at radius 1 is 1.33 bits per heavy atom. The van der Waals surface area contributed by atoms with E-state index in [0.717, 1.165) is 24.9 Å². The Bertz CT molecular complexity index is 598. The van der Waals surface area contributed by atoms with Crippen LogP contribution in [0.25, 0.3) is 0 Å². The van der Waals surface area contributed by atoms with E-state index < -0.39 is 0 Å². The van der Waals surface area contributed by atoms with Gasteiger partial charge < -0.3 is 15.8 Å². The standard InChI is InChI=1S/C13H16N6O2/c14-9-2-1-8(7-9)12(20)15-10-3-5-11(6-4-10)21-13-16-18-19-17-13/h3-6,8-9H,1-2,7,14H2,(H,15,20)(H,16,17,18,19)/t8-,9+/m0/s1. The minimum absolute atomic E-state index is 0.00950. The first kappa shape index (κ1) is 13.5. The van der Waals surface area contributed by atoms with Crippen LogP contribution in [0.2, 0.25) is 0 Å². The van der Waals surface area contributed by atoms with E-state index in [-0.39, 0.29) is 23.9 Å². The Labute approximate surface area is 121 Å². The highest BCUT2D eigenvalue weighted by atomic mass is 16.5. The van der Waals surface area contributed by atoms with E-state index >= 15 is 0 Å². The van der Waals surface area contributed by atoms with Gasteiger partial charge in [0.25, 0.3) is 0 Å². The van der Waals surface area contributed by atoms with Gasteiger partial charge in [-0.3, -0.25) is 4.79 Å². The first-order valence-electron chi connectivity index (χ1n) is 6.78. The second kappa shape index (κ2) is 5.88. The van der Waals surface area contributed by atoms with Crippen molar-refractivity contribution in [3.8, 4) is 11.8 Å². The van der Waals surface area contributed by atoms with Gasteiger partial charge in [0.2, 0.25) is 5.91 Å². The summed E-state index contributed by atoms with van der Waals surface area (Å²) in [5, 5.41) is 16.0. The minimum atomic E-state index is 0.00950. The fraction of sp³-hybridized carbons (Fsp3) is 0.385. The fourth-order valence-corrected chi connectivity index (χ4v) is 2.41. The third kappa shape index (κ3) is 3.34. The average Bonchev–Trinajstić information content (AvgIpc) is 3.12. The maximum absolute atomic E-state index is 12.1. The molecule has 0 unspecified atom stereocenters. The number of aromatic nitrogens is 4. The summed E-state index contributed by atoms with van der Waals surface area (Å²) in [6.07, 6.45) is 2.52. The number of nitrogens with zero attached hydrogens (tertiary/aromatic N) is 3. The average molecular weight is 288 g/mol. The molecule has 1 heterocycles. The third-order valence-corrected chi connectivity index (χ3v) is 3.50. The number of ether oxygens (including phenoxy) is 1. The molecule has 8 nitrogen and oxygen atoms in total. The lowest BCUT2D eigenvalue weighted by molar-refractivity contribution is -0.119. The Hall–Kier alpha value is -2.48. The molecule has 0 aliphatic heterocycles. The lowest BCUT2D eigenvalue weighted by atomic mass is 10.1. The van der Waals surface area contributed by atoms with E-state index in [0.29, 0.717) is 5.75 Å². The Morgan fingerprint density at radius 3 is 2.76 bits per heavy atom. The number of nitrogens with two attached hydrogens (primary N) is 1. The molecule has 8 heteroatoms. The normalized spacial score (nSPS) is 21.2. The van der Waals surface area contributed by atoms with Crippen LogP contribution in [-0.4, -0.2) is 32.6 Å². The quantitative estimate of drug-likeness (QED) is 0.774. The van der Waals surface area contributed by atoms with Gasteiger partial charge in [-0.05, 0) is 48.7 Å². The Kier molecular flexibility index (Phi) is 3.78. The molecule has 1 fully saturated rings. The van der Waals surface area contributed by atoms with E-state index in [9.17, 15) is 4.79 Å². The van der Waals surface area contributed by atoms with Gasteiger partial charge in [-0.2, -0.15) is 5.21 Å². The smallest absolute Gasteiger partial charge is 0.361 e. The molecule has 0 spiro atoms. The number of carbonyl (C=O) groups is 1. The number of nitrogens with one attached hydrogen (secondary N) is 2. The summed E-state index contributed by atoms with van der Waals surface area (Å²) in [6, 6.07) is 7.28. The molecule has 1 aromatic carbocycles. The highest BCUT2D eigenvalue weighted by Crippen LogP contribution is 2.26. The van der Waals surface area contributed by atoms with Gasteiger partial charge in [0.1, 0.15) is 5.75 Å². The van der Waals surface area contributed by atoms with Crippen molar-refractivity contribution < 1.29 is 9.53 Å². The molecule has 0 bridgehead atoms. The molecule has 110 valence electrons. The Balaban J connectivity index is 1.58. The van der Waals surface area contributed by atoms with Gasteiger partial charge in [0, 0.05) is 17.6 Å². The van der Waals surface area contributed by atoms with Gasteiger partial charge in [-0.15, -0.1) is 0 Å². The van der Waals surface area contributed by atoms with Crippen LogP contribution < -0.4 is 15.8 Å². The van der Waals surface area contributed by atoms with Gasteiger partial charge in [0.05, 0.1) is 0 Å². The molecule has 4 N–H and O–H groups in total. The molecule has 2 aromatic rings. The van der Waals surface area contributed by atoms with E-state index in [4.69, 9.17) is 10.5 Å². The van der Waals surface area contributed by atoms with E-state index in [1.165, 1.54) is 0 Å². The molecule has 3 rings (SSSR count). The summed E-state index contributed by atoms with van der Waals surface area (Å²) in [5.74, 6) is 0.599. The number of hydrogen-bond donors (Lipinski definition) is 3. The molecular weight excluding hydrogens is 272 g/mol. The molecular formula is C13H16N6O2. The number of carbonyl (C=O) groups excluding carboxylic acids is 1. The van der Waals surface area contributed by atoms with Crippen LogP contribution in [0.1, 0.15) is 19.3 Å². The first-order chi connectivity index (χ1) is 10.2. The van der Waals surface area contributed by atoms with Crippen LogP contribution in [0.15, 0.2) is 24.3 Å². The SMILES string of the molecule is N[C@@H]1CC[C@H](C(=O)Nc2ccc(Oc3nn[nH]n3)cc2)C1. The molecule has 0 radical (unpaired) electrons. The molecule has 0 saturated heterocycles. The van der Waals surface area contributed by atoms with Crippen molar-refractivity contribution in [2.24, 2.45) is 11.7 Å². The van der Waals surface area contributed by atoms with Crippen molar-refractivity contribution in [3.63, 3.8) is 0 Å². The summed E-state index contributed by atoms with van der Waals surface area (Å²) in [4.78, 5) is 12.1. The van der Waals surface area contributed by atoms with E-state index in [2.05, 4.69) is 25.9 Å². The summed E-state index contributed by atoms with van der Waals surface area (Å²) in [7, 11) is 0. The topological polar surface area (TPSA) is 119 Å². The minimum Gasteiger partial charge on any atom is -0.422 e. The second-order valence-electron chi connectivity index (χ2n) is 5.08. The number of H-pyrrole nitrogens is 1. The van der Waals surface area contributed by atoms with Gasteiger partial charge >= 0.3 is 6.01 Å². The molecule has 2 atom stereocenters. The second-order valence-corrected chi connectivity index (χ2v) is 5.08. The predicted molar refractivity (Wildman–Crippen MR) is 74.6 cm³/mol. The summed E-state index contributed by atoms with van der Waals surface area (Å²) in [6.45, 7) is 0. The van der Waals surface area contributed by atoms with Crippen LogP contribution in [0.4, 0.5) is 5.69 Å². The number of amides is 1. The maximum Gasteiger partial charge on any atom is 0.361 e. The summed E-state index contributed by atoms with van der Waals surface area (Å²) < 4.78 is 5.35. The van der Waals surface area contributed by atoms with Crippen LogP contribution >= 0.6 is 0 Å². The Morgan fingerprint density at radius 2 is 2.14 bits per heavy atom. The van der Waals surface area contributed by atoms with Crippen LogP contribution in [0, 0.1) is 5.92 Å². The number of tetrazole rings is 1. The monoisotopic (exact) mass is 288 g/mol. The van der Waals surface area contributed by atoms with Crippen molar-refractivity contribution >= 4 is 11.6 Å². The zero-order valence-electron chi connectivity index (χ0n) is 11.3. The van der Waals surface area contributed by atoms with Crippen LogP contribution in [-0.2, 0) is 4.79 Å². The van der Waals surface area contributed by atoms with Crippen molar-refractivity contribution in [2.75, 3.05) is 5.32 Å². The summed E-state index contributed by atoms with van der Waals surface area (Å²) in [5.41, 5.74) is 6.55. The molecule has 21 heavy (non-hydrogen) atoms. The number of benzene rings is 1. The lowest BCUT2D eigenvalue weighted by Gasteiger charge is -2.11. The fourth-order valence-electron chi connectivity index (χ4n) is 2.41. The number of anilines is 1. The zero-order valence-corrected chi connectivity index (χ0v) is 11.3. The predicted octanol–water partition coefficient (Wildman–Crippen LogP) is 1.06. The van der Waals surface area contributed by atoms with Crippen molar-refractivity contribution in [1.29, 1.82) is 0 Å². The highest BCUT2D eigenvalue weighted by Gasteiger charge is 2.27. The van der Waals surface area contributed by atoms with Gasteiger partial charge in [-0.1, -0.05) is 10.2 Å². The van der Waals surface area contributed by atoms with Crippen LogP contribution in [0.5, 0.6) is 11.8 Å². The molecule has 1 aliphatic carbocycles. The van der Waals surface area contributed by atoms with E-state index in [1.807, 2.05) is 0 Å². The largest absolute Gasteiger partial charge is 0.422 e. The first-order valence-corrected chi connectivity index (χ1v) is 6.78. The molecule has 1 amide bonds. The highest BCUT2D eigenvalue weighted by molar-refractivity contribution is 5.92. The van der Waals surface area contributed by atoms with Crippen molar-refractivity contribution in [1.82, 2.24) is 20.6 Å². The zero-order chi connectivity index (χ0) is 14.7. The lowest BCUT2D eigenvalue weighted by Crippen LogP contribution is -2.23. The van der Waals surface area contributed by atoms with Crippen molar-refractivity contribution in [3.05, 3.63) is 24.3 Å². The third-order valence-electron chi connectivity index (χ3n) is 3.50. The maximum atomic E-state index is 12.1. The van der Waals surface area contributed by atoms with Crippen molar-refractivity contribution in [2.45, 2.75) is 25.3 Å². The molecule has 1 saturated carbocycles. The number of aromatic amines is 1. The number of hydrogen-bond acceptors (Lipinski definition) is 6. The molecule has 1 aliphatic rings. The van der Waals surface area contributed by atoms with Crippen LogP contribution in [0.3, 0.4) is 0 Å². The molecule has 1 aromatic heterocycles. The van der Waals surface area contributed by atoms with Gasteiger partial charge in [-0.25, -0.2) is 0 Å². The van der Waals surface area contributed by atoms with E-state index in [1.54, 1.807) is 24.3 Å². The summed E-state index contributed by atoms with van der Waals surface area (Å²) >= 11 is 0.